The average Bonchev–Trinajstić information content (AvgIpc) is 3.66. The van der Waals surface area contributed by atoms with Gasteiger partial charge in [-0.3, -0.25) is 0 Å². The van der Waals surface area contributed by atoms with Crippen molar-refractivity contribution in [2.75, 3.05) is 4.90 Å². The molecule has 0 N–H and O–H groups in total. The van der Waals surface area contributed by atoms with E-state index in [2.05, 4.69) is 0 Å². The summed E-state index contributed by atoms with van der Waals surface area (Å²) in [7, 11) is 0. The Labute approximate surface area is 308 Å². The third-order valence-corrected chi connectivity index (χ3v) is 7.91. The van der Waals surface area contributed by atoms with Gasteiger partial charge in [-0.15, -0.1) is 0 Å². The van der Waals surface area contributed by atoms with Gasteiger partial charge in [-0.1, -0.05) is 133 Å². The number of benzene rings is 8. The predicted molar refractivity (Wildman–Crippen MR) is 204 cm³/mol. The number of hydrogen-bond donors (Lipinski definition) is 0. The molecule has 48 heavy (non-hydrogen) atoms. The SMILES string of the molecule is [2H]c1c([2H])c([2H])c(-c2c([2H])c([2H])c(N(c3c([2H])c([2H])c([2H])c(-c4ccc5c(c4)c4ccccc4n5-c4ccccc4)c3[2H])c3c([2H])c([2H])c([2H])c4c([2H])c([2H])c([2H])c([2H])c34)c([2H])c2[2H])c([2H])c1[2H]. The maximum absolute atomic E-state index is 9.91. The molecule has 1 heterocycles. The summed E-state index contributed by atoms with van der Waals surface area (Å²) in [6, 6.07) is 4.45. The molecule has 226 valence electrons. The van der Waals surface area contributed by atoms with Gasteiger partial charge in [0.25, 0.3) is 0 Å². The molecule has 9 rings (SSSR count). The van der Waals surface area contributed by atoms with Crippen molar-refractivity contribution < 1.29 is 27.4 Å². The van der Waals surface area contributed by atoms with E-state index in [4.69, 9.17) is 15.1 Å². The van der Waals surface area contributed by atoms with Crippen molar-refractivity contribution in [2.45, 2.75) is 0 Å². The molecule has 2 heteroatoms. The van der Waals surface area contributed by atoms with Crippen LogP contribution in [0.4, 0.5) is 17.1 Å². The Kier molecular flexibility index (Phi) is 3.47. The summed E-state index contributed by atoms with van der Waals surface area (Å²) in [6.07, 6.45) is 0. The first kappa shape index (κ1) is 14.2. The first-order chi connectivity index (χ1) is 32.1. The Hall–Kier alpha value is -6.38. The van der Waals surface area contributed by atoms with Crippen LogP contribution < -0.4 is 4.90 Å². The fourth-order valence-corrected chi connectivity index (χ4v) is 5.79. The number of nitrogens with zero attached hydrogens (tertiary/aromatic N) is 2. The minimum atomic E-state index is -1.06. The molecule has 1 aromatic heterocycles. The summed E-state index contributed by atoms with van der Waals surface area (Å²) in [5.41, 5.74) is -1.64. The smallest absolute Gasteiger partial charge is 0.0651 e. The lowest BCUT2D eigenvalue weighted by molar-refractivity contribution is 1.18. The standard InChI is InChI=1S/C46H32N2/c1-3-13-33(14-4-1)34-25-28-39(29-26-34)47(44-24-12-16-35-15-7-8-21-41(35)44)40-20-11-17-36(31-40)37-27-30-46-43(32-37)42-22-9-10-23-45(42)48(46)38-18-5-2-6-19-38/h1-32H/i1D,3D,4D,7D,8D,11D,12D,13D,14D,15D,16D,17D,20D,21D,24D,25D,26D,28D,29D,31D. The average molecular weight is 633 g/mol. The van der Waals surface area contributed by atoms with Crippen molar-refractivity contribution in [3.8, 4) is 27.9 Å². The highest BCUT2D eigenvalue weighted by Crippen LogP contribution is 2.41. The summed E-state index contributed by atoms with van der Waals surface area (Å²) >= 11 is 0. The van der Waals surface area contributed by atoms with Crippen molar-refractivity contribution in [2.24, 2.45) is 0 Å². The third-order valence-electron chi connectivity index (χ3n) is 7.91. The Morgan fingerprint density at radius 1 is 0.438 bits per heavy atom. The molecule has 0 fully saturated rings. The normalized spacial score (nSPS) is 17.2. The molecule has 0 aliphatic heterocycles. The topological polar surface area (TPSA) is 8.17 Å². The molecule has 0 radical (unpaired) electrons. The van der Waals surface area contributed by atoms with Crippen molar-refractivity contribution >= 4 is 49.6 Å². The van der Waals surface area contributed by atoms with Crippen molar-refractivity contribution in [1.29, 1.82) is 0 Å². The molecule has 0 saturated carbocycles. The molecule has 0 amide bonds. The molecule has 0 unspecified atom stereocenters. The molecule has 0 spiro atoms. The highest BCUT2D eigenvalue weighted by Gasteiger charge is 2.17. The second-order valence-electron chi connectivity index (χ2n) is 10.7. The van der Waals surface area contributed by atoms with Crippen LogP contribution in [-0.4, -0.2) is 4.57 Å². The van der Waals surface area contributed by atoms with Gasteiger partial charge in [-0.25, -0.2) is 0 Å². The van der Waals surface area contributed by atoms with E-state index in [1.165, 1.54) is 0 Å². The first-order valence-corrected chi connectivity index (χ1v) is 14.8. The van der Waals surface area contributed by atoms with Gasteiger partial charge in [0.05, 0.1) is 44.1 Å². The zero-order valence-corrected chi connectivity index (χ0v) is 24.8. The second-order valence-corrected chi connectivity index (χ2v) is 10.7. The van der Waals surface area contributed by atoms with Gasteiger partial charge in [0.15, 0.2) is 0 Å². The van der Waals surface area contributed by atoms with E-state index >= 15 is 0 Å². The summed E-state index contributed by atoms with van der Waals surface area (Å²) < 4.78 is 181. The van der Waals surface area contributed by atoms with Gasteiger partial charge in [0.1, 0.15) is 0 Å². The summed E-state index contributed by atoms with van der Waals surface area (Å²) in [6.45, 7) is 0. The van der Waals surface area contributed by atoms with Crippen molar-refractivity contribution in [1.82, 2.24) is 4.57 Å². The van der Waals surface area contributed by atoms with E-state index in [0.717, 1.165) is 22.1 Å². The Morgan fingerprint density at radius 2 is 1.12 bits per heavy atom. The van der Waals surface area contributed by atoms with Gasteiger partial charge >= 0.3 is 0 Å². The molecule has 2 nitrogen and oxygen atoms in total. The largest absolute Gasteiger partial charge is 0.310 e. The van der Waals surface area contributed by atoms with Crippen LogP contribution in [0.2, 0.25) is 0 Å². The van der Waals surface area contributed by atoms with E-state index < -0.39 is 160 Å². The van der Waals surface area contributed by atoms with Crippen LogP contribution >= 0.6 is 0 Å². The lowest BCUT2D eigenvalue weighted by atomic mass is 10.0. The highest BCUT2D eigenvalue weighted by molar-refractivity contribution is 6.10. The molecule has 0 aliphatic carbocycles. The van der Waals surface area contributed by atoms with Gasteiger partial charge in [0.2, 0.25) is 0 Å². The molecule has 0 atom stereocenters. The van der Waals surface area contributed by atoms with Crippen LogP contribution in [0.3, 0.4) is 0 Å². The molecule has 9 aromatic rings. The van der Waals surface area contributed by atoms with Crippen molar-refractivity contribution in [3.05, 3.63) is 194 Å². The quantitative estimate of drug-likeness (QED) is 0.177. The van der Waals surface area contributed by atoms with Crippen molar-refractivity contribution in [3.63, 3.8) is 0 Å². The summed E-state index contributed by atoms with van der Waals surface area (Å²) in [4.78, 5) is 0.639. The Balaban J connectivity index is 1.44. The fraction of sp³-hybridized carbons (Fsp3) is 0. The van der Waals surface area contributed by atoms with Crippen LogP contribution in [0.15, 0.2) is 194 Å². The molecule has 0 saturated heterocycles. The second kappa shape index (κ2) is 11.8. The van der Waals surface area contributed by atoms with Crippen LogP contribution in [0.5, 0.6) is 0 Å². The van der Waals surface area contributed by atoms with E-state index in [0.29, 0.717) is 10.3 Å². The summed E-state index contributed by atoms with van der Waals surface area (Å²) in [5.74, 6) is 0. The fourth-order valence-electron chi connectivity index (χ4n) is 5.79. The van der Waals surface area contributed by atoms with E-state index in [9.17, 15) is 12.3 Å². The van der Waals surface area contributed by atoms with Gasteiger partial charge in [-0.05, 0) is 88.2 Å². The highest BCUT2D eigenvalue weighted by atomic mass is 15.1. The Bertz CT molecular complexity index is 3630. The molecular formula is C46H32N2. The van der Waals surface area contributed by atoms with Gasteiger partial charge in [0, 0.05) is 33.2 Å². The van der Waals surface area contributed by atoms with Crippen LogP contribution in [0.1, 0.15) is 27.4 Å². The molecule has 0 bridgehead atoms. The third kappa shape index (κ3) is 4.83. The zero-order chi connectivity index (χ0) is 49.3. The zero-order valence-electron chi connectivity index (χ0n) is 44.8. The number of hydrogen-bond acceptors (Lipinski definition) is 1. The summed E-state index contributed by atoms with van der Waals surface area (Å²) in [5, 5.41) is 0.177. The predicted octanol–water partition coefficient (Wildman–Crippen LogP) is 12.7. The van der Waals surface area contributed by atoms with E-state index in [1.54, 1.807) is 18.2 Å². The van der Waals surface area contributed by atoms with E-state index in [-0.39, 0.29) is 11.1 Å². The maximum Gasteiger partial charge on any atom is 0.0651 e. The number of anilines is 3. The number of para-hydroxylation sites is 2. The molecular weight excluding hydrogens is 581 g/mol. The van der Waals surface area contributed by atoms with Crippen LogP contribution in [-0.2, 0) is 0 Å². The number of rotatable bonds is 6. The Morgan fingerprint density at radius 3 is 2.00 bits per heavy atom. The van der Waals surface area contributed by atoms with Gasteiger partial charge < -0.3 is 9.47 Å². The molecule has 0 aliphatic rings. The minimum Gasteiger partial charge on any atom is -0.310 e. The number of fused-ring (bicyclic) bond motifs is 4. The van der Waals surface area contributed by atoms with Crippen LogP contribution in [0, 0.1) is 0 Å². The van der Waals surface area contributed by atoms with Gasteiger partial charge in [-0.2, -0.15) is 0 Å². The monoisotopic (exact) mass is 632 g/mol. The maximum atomic E-state index is 9.91. The minimum absolute atomic E-state index is 0.176. The molecule has 8 aromatic carbocycles. The number of aromatic nitrogens is 1. The lowest BCUT2D eigenvalue weighted by Gasteiger charge is -2.27. The van der Waals surface area contributed by atoms with Crippen LogP contribution in [0.25, 0.3) is 60.5 Å². The lowest BCUT2D eigenvalue weighted by Crippen LogP contribution is -2.10. The van der Waals surface area contributed by atoms with E-state index in [1.807, 2.05) is 59.2 Å². The first-order valence-electron chi connectivity index (χ1n) is 24.8.